The molecule has 0 saturated carbocycles. The van der Waals surface area contributed by atoms with E-state index in [0.29, 0.717) is 5.56 Å². The van der Waals surface area contributed by atoms with Crippen molar-refractivity contribution in [1.82, 2.24) is 10.2 Å². The number of nitrogens with zero attached hydrogens (tertiary/aromatic N) is 1. The third-order valence-electron chi connectivity index (χ3n) is 1.71. The number of H-pyrrole nitrogens is 2. The topological polar surface area (TPSA) is 51.7 Å². The van der Waals surface area contributed by atoms with Gasteiger partial charge in [0.05, 0.1) is 0 Å². The summed E-state index contributed by atoms with van der Waals surface area (Å²) in [5.74, 6) is 0. The largest absolute Gasteiger partial charge is 0.305 e. The van der Waals surface area contributed by atoms with E-state index in [1.54, 1.807) is 6.20 Å². The van der Waals surface area contributed by atoms with Gasteiger partial charge in [0.2, 0.25) is 0 Å². The molecular weight excluding hydrogens is 142 g/mol. The van der Waals surface area contributed by atoms with Gasteiger partial charge in [-0.1, -0.05) is 0 Å². The van der Waals surface area contributed by atoms with Crippen molar-refractivity contribution in [2.24, 2.45) is 0 Å². The summed E-state index contributed by atoms with van der Waals surface area (Å²) in [4.78, 5) is 11.0. The monoisotopic (exact) mass is 154 g/mol. The van der Waals surface area contributed by atoms with Crippen LogP contribution in [0.5, 0.6) is 0 Å². The summed E-state index contributed by atoms with van der Waals surface area (Å²) >= 11 is 0. The maximum absolute atomic E-state index is 11.0. The van der Waals surface area contributed by atoms with E-state index in [1.165, 1.54) is 0 Å². The highest BCUT2D eigenvalue weighted by Crippen LogP contribution is 1.88. The molecule has 0 radical (unpaired) electrons. The van der Waals surface area contributed by atoms with Crippen LogP contribution in [0.2, 0.25) is 0 Å². The Hall–Kier alpha value is -1.32. The van der Waals surface area contributed by atoms with E-state index in [0.717, 1.165) is 5.71 Å². The Labute approximate surface area is 64.6 Å². The number of hydrogen-bond acceptors (Lipinski definition) is 1. The van der Waals surface area contributed by atoms with Crippen molar-refractivity contribution in [3.8, 4) is 0 Å². The van der Waals surface area contributed by atoms with Crippen LogP contribution >= 0.6 is 0 Å². The van der Waals surface area contributed by atoms with Crippen molar-refractivity contribution >= 4 is 5.71 Å². The zero-order valence-electron chi connectivity index (χ0n) is 6.93. The molecule has 0 aliphatic carbocycles. The van der Waals surface area contributed by atoms with Gasteiger partial charge in [-0.25, -0.2) is 4.58 Å². The van der Waals surface area contributed by atoms with Crippen LogP contribution in [0.4, 0.5) is 0 Å². The van der Waals surface area contributed by atoms with E-state index in [2.05, 4.69) is 10.2 Å². The van der Waals surface area contributed by atoms with Crippen LogP contribution in [0.15, 0.2) is 11.0 Å². The van der Waals surface area contributed by atoms with Crippen molar-refractivity contribution < 1.29 is 4.58 Å². The van der Waals surface area contributed by atoms with Crippen molar-refractivity contribution in [3.63, 3.8) is 0 Å². The van der Waals surface area contributed by atoms with E-state index in [4.69, 9.17) is 0 Å². The Bertz CT molecular complexity index is 327. The minimum absolute atomic E-state index is 0.0730. The summed E-state index contributed by atoms with van der Waals surface area (Å²) in [6, 6.07) is 0. The Morgan fingerprint density at radius 1 is 1.55 bits per heavy atom. The average Bonchev–Trinajstić information content (AvgIpc) is 2.33. The van der Waals surface area contributed by atoms with Gasteiger partial charge in [0.1, 0.15) is 19.7 Å². The first kappa shape index (κ1) is 7.78. The van der Waals surface area contributed by atoms with Gasteiger partial charge in [-0.15, -0.1) is 0 Å². The van der Waals surface area contributed by atoms with E-state index in [-0.39, 0.29) is 5.56 Å². The first-order valence-corrected chi connectivity index (χ1v) is 3.40. The number of hydrogen-bond donors (Lipinski definition) is 2. The Kier molecular flexibility index (Phi) is 1.94. The fourth-order valence-corrected chi connectivity index (χ4v) is 0.816. The maximum Gasteiger partial charge on any atom is 0.277 e. The molecule has 0 saturated heterocycles. The first-order valence-electron chi connectivity index (χ1n) is 3.40. The summed E-state index contributed by atoms with van der Waals surface area (Å²) < 4.78 is 1.90. The zero-order valence-corrected chi connectivity index (χ0v) is 6.93. The molecule has 1 aromatic heterocycles. The predicted molar refractivity (Wildman–Crippen MR) is 43.3 cm³/mol. The lowest BCUT2D eigenvalue weighted by molar-refractivity contribution is -0.464. The Morgan fingerprint density at radius 2 is 2.18 bits per heavy atom. The summed E-state index contributed by atoms with van der Waals surface area (Å²) in [6.45, 7) is 1.90. The molecular formula is C7H12N3O+. The quantitative estimate of drug-likeness (QED) is 0.426. The summed E-state index contributed by atoms with van der Waals surface area (Å²) in [5, 5.41) is 5.13. The lowest BCUT2D eigenvalue weighted by Gasteiger charge is -1.90. The summed E-state index contributed by atoms with van der Waals surface area (Å²) in [7, 11) is 3.81. The van der Waals surface area contributed by atoms with Crippen LogP contribution in [0.25, 0.3) is 0 Å². The molecule has 1 aromatic rings. The smallest absolute Gasteiger partial charge is 0.277 e. The van der Waals surface area contributed by atoms with Gasteiger partial charge in [0, 0.05) is 13.1 Å². The fourth-order valence-electron chi connectivity index (χ4n) is 0.816. The lowest BCUT2D eigenvalue weighted by atomic mass is 10.2. The molecule has 0 aromatic carbocycles. The fraction of sp³-hybridized carbons (Fsp3) is 0.429. The molecule has 60 valence electrons. The number of nitrogens with one attached hydrogen (secondary N) is 2. The second-order valence-corrected chi connectivity index (χ2v) is 2.64. The molecule has 0 bridgehead atoms. The Balaban J connectivity index is 3.24. The molecule has 1 rings (SSSR count). The van der Waals surface area contributed by atoms with Crippen LogP contribution in [-0.2, 0) is 0 Å². The number of aromatic amines is 2. The standard InChI is InChI=1S/C7H11N3O/c1-5(10(2)3)6-4-8-9-7(6)11/h4H,1-3H3,(H,9,11)/p+1. The second kappa shape index (κ2) is 2.74. The van der Waals surface area contributed by atoms with Crippen LogP contribution in [0.1, 0.15) is 12.5 Å². The molecule has 0 atom stereocenters. The lowest BCUT2D eigenvalue weighted by Crippen LogP contribution is -2.17. The first-order chi connectivity index (χ1) is 5.13. The molecule has 0 aliphatic heterocycles. The highest BCUT2D eigenvalue weighted by Gasteiger charge is 2.09. The molecule has 0 fully saturated rings. The van der Waals surface area contributed by atoms with E-state index >= 15 is 0 Å². The highest BCUT2D eigenvalue weighted by atomic mass is 16.1. The van der Waals surface area contributed by atoms with Gasteiger partial charge >= 0.3 is 0 Å². The molecule has 4 heteroatoms. The predicted octanol–water partition coefficient (Wildman–Crippen LogP) is -0.216. The number of aromatic nitrogens is 2. The molecule has 0 aliphatic rings. The summed E-state index contributed by atoms with van der Waals surface area (Å²) in [6.07, 6.45) is 1.66. The normalized spacial score (nSPS) is 9.73. The minimum atomic E-state index is -0.0730. The molecule has 11 heavy (non-hydrogen) atoms. The molecule has 4 nitrogen and oxygen atoms in total. The maximum atomic E-state index is 11.0. The molecule has 0 spiro atoms. The van der Waals surface area contributed by atoms with Crippen molar-refractivity contribution in [2.75, 3.05) is 14.1 Å². The van der Waals surface area contributed by atoms with E-state index < -0.39 is 0 Å². The van der Waals surface area contributed by atoms with Crippen molar-refractivity contribution in [2.45, 2.75) is 6.92 Å². The Morgan fingerprint density at radius 3 is 2.55 bits per heavy atom. The summed E-state index contributed by atoms with van der Waals surface area (Å²) in [5.41, 5.74) is 1.57. The van der Waals surface area contributed by atoms with Gasteiger partial charge in [0.15, 0.2) is 5.71 Å². The van der Waals surface area contributed by atoms with E-state index in [9.17, 15) is 4.79 Å². The molecule has 2 N–H and O–H groups in total. The zero-order chi connectivity index (χ0) is 8.43. The minimum Gasteiger partial charge on any atom is -0.305 e. The molecule has 0 amide bonds. The SMILES string of the molecule is CC(c1c[nH][nH]c1=O)=[N+](C)C. The van der Waals surface area contributed by atoms with Crippen molar-refractivity contribution in [3.05, 3.63) is 22.1 Å². The van der Waals surface area contributed by atoms with Crippen LogP contribution in [0.3, 0.4) is 0 Å². The molecule has 1 heterocycles. The molecule has 0 unspecified atom stereocenters. The van der Waals surface area contributed by atoms with Crippen LogP contribution in [0, 0.1) is 0 Å². The van der Waals surface area contributed by atoms with Gasteiger partial charge in [-0.2, -0.15) is 0 Å². The van der Waals surface area contributed by atoms with Crippen LogP contribution < -0.4 is 5.56 Å². The third-order valence-corrected chi connectivity index (χ3v) is 1.71. The van der Waals surface area contributed by atoms with Gasteiger partial charge in [-0.3, -0.25) is 9.89 Å². The highest BCUT2D eigenvalue weighted by molar-refractivity contribution is 5.94. The van der Waals surface area contributed by atoms with E-state index in [1.807, 2.05) is 25.6 Å². The third kappa shape index (κ3) is 1.39. The van der Waals surface area contributed by atoms with Gasteiger partial charge in [-0.05, 0) is 0 Å². The van der Waals surface area contributed by atoms with Gasteiger partial charge < -0.3 is 5.10 Å². The van der Waals surface area contributed by atoms with Crippen LogP contribution in [-0.4, -0.2) is 34.6 Å². The van der Waals surface area contributed by atoms with Gasteiger partial charge in [0.25, 0.3) is 5.56 Å². The second-order valence-electron chi connectivity index (χ2n) is 2.64. The number of rotatable bonds is 1. The van der Waals surface area contributed by atoms with Crippen molar-refractivity contribution in [1.29, 1.82) is 0 Å². The average molecular weight is 154 g/mol.